The Morgan fingerprint density at radius 2 is 2.21 bits per heavy atom. The fraction of sp³-hybridized carbons (Fsp3) is 0.385. The number of imidazole rings is 1. The Kier molecular flexibility index (Phi) is 3.90. The molecule has 2 rings (SSSR count). The Morgan fingerprint density at radius 1 is 1.47 bits per heavy atom. The molecule has 0 spiro atoms. The summed E-state index contributed by atoms with van der Waals surface area (Å²) < 4.78 is 7.82. The quantitative estimate of drug-likeness (QED) is 0.873. The monoisotopic (exact) mass is 279 g/mol. The predicted octanol–water partition coefficient (Wildman–Crippen LogP) is 2.19. The summed E-state index contributed by atoms with van der Waals surface area (Å²) in [6, 6.07) is 5.75. The van der Waals surface area contributed by atoms with Gasteiger partial charge in [0.05, 0.1) is 12.6 Å². The predicted molar refractivity (Wildman–Crippen MR) is 77.0 cm³/mol. The third-order valence-electron chi connectivity index (χ3n) is 3.04. The van der Waals surface area contributed by atoms with Crippen LogP contribution in [-0.2, 0) is 11.3 Å². The van der Waals surface area contributed by atoms with Gasteiger partial charge in [-0.2, -0.15) is 0 Å². The molecule has 1 aromatic carbocycles. The van der Waals surface area contributed by atoms with Crippen molar-refractivity contribution in [2.24, 2.45) is 0 Å². The van der Waals surface area contributed by atoms with Gasteiger partial charge in [-0.1, -0.05) is 6.07 Å². The number of benzene rings is 1. The minimum atomic E-state index is 0.0825. The maximum absolute atomic E-state index is 11.7. The number of fused-ring (bicyclic) bond motifs is 1. The van der Waals surface area contributed by atoms with Gasteiger partial charge in [-0.3, -0.25) is 4.79 Å². The van der Waals surface area contributed by atoms with E-state index in [1.165, 1.54) is 0 Å². The summed E-state index contributed by atoms with van der Waals surface area (Å²) in [5.74, 6) is 0.834. The van der Waals surface area contributed by atoms with E-state index >= 15 is 0 Å². The molecule has 5 nitrogen and oxygen atoms in total. The summed E-state index contributed by atoms with van der Waals surface area (Å²) in [5, 5.41) is 0. The zero-order valence-electron chi connectivity index (χ0n) is 11.3. The zero-order chi connectivity index (χ0) is 14.0. The van der Waals surface area contributed by atoms with Gasteiger partial charge in [0.2, 0.25) is 5.91 Å². The number of carbonyl (C=O) groups is 1. The van der Waals surface area contributed by atoms with Crippen molar-refractivity contribution in [1.82, 2.24) is 14.5 Å². The van der Waals surface area contributed by atoms with Crippen molar-refractivity contribution in [3.8, 4) is 5.75 Å². The third kappa shape index (κ3) is 2.63. The number of methoxy groups -OCH3 is 1. The summed E-state index contributed by atoms with van der Waals surface area (Å²) in [5.41, 5.74) is 1.82. The van der Waals surface area contributed by atoms with Crippen LogP contribution in [0.25, 0.3) is 11.0 Å². The van der Waals surface area contributed by atoms with Gasteiger partial charge in [-0.05, 0) is 24.4 Å². The van der Waals surface area contributed by atoms with Crippen molar-refractivity contribution in [1.29, 1.82) is 0 Å². The van der Waals surface area contributed by atoms with Gasteiger partial charge >= 0.3 is 0 Å². The lowest BCUT2D eigenvalue weighted by Gasteiger charge is -2.10. The van der Waals surface area contributed by atoms with Crippen LogP contribution in [0.1, 0.15) is 6.42 Å². The number of hydrogen-bond acceptors (Lipinski definition) is 3. The summed E-state index contributed by atoms with van der Waals surface area (Å²) >= 11 is 5.31. The fourth-order valence-corrected chi connectivity index (χ4v) is 2.27. The highest BCUT2D eigenvalue weighted by Crippen LogP contribution is 2.24. The molecule has 0 bridgehead atoms. The number of aryl methyl sites for hydroxylation is 1. The molecule has 0 saturated heterocycles. The van der Waals surface area contributed by atoms with Crippen LogP contribution in [0.2, 0.25) is 0 Å². The molecule has 0 radical (unpaired) electrons. The van der Waals surface area contributed by atoms with E-state index in [4.69, 9.17) is 17.0 Å². The number of H-pyrrole nitrogens is 1. The normalized spacial score (nSPS) is 10.7. The minimum Gasteiger partial charge on any atom is -0.494 e. The second-order valence-corrected chi connectivity index (χ2v) is 4.86. The van der Waals surface area contributed by atoms with E-state index in [-0.39, 0.29) is 5.91 Å². The molecule has 0 aliphatic heterocycles. The summed E-state index contributed by atoms with van der Waals surface area (Å²) in [7, 11) is 5.12. The molecule has 0 atom stereocenters. The lowest BCUT2D eigenvalue weighted by atomic mass is 10.3. The largest absolute Gasteiger partial charge is 0.494 e. The number of nitrogens with one attached hydrogen (secondary N) is 1. The van der Waals surface area contributed by atoms with Crippen LogP contribution in [0.5, 0.6) is 5.75 Å². The summed E-state index contributed by atoms with van der Waals surface area (Å²) in [4.78, 5) is 16.4. The number of aromatic amines is 1. The number of nitrogens with zero attached hydrogens (tertiary/aromatic N) is 2. The first kappa shape index (κ1) is 13.6. The maximum atomic E-state index is 11.7. The minimum absolute atomic E-state index is 0.0825. The molecule has 2 aromatic rings. The lowest BCUT2D eigenvalue weighted by molar-refractivity contribution is -0.128. The van der Waals surface area contributed by atoms with Crippen molar-refractivity contribution in [2.45, 2.75) is 13.0 Å². The van der Waals surface area contributed by atoms with E-state index in [0.29, 0.717) is 17.7 Å². The molecule has 1 aromatic heterocycles. The van der Waals surface area contributed by atoms with Crippen molar-refractivity contribution in [2.75, 3.05) is 21.2 Å². The van der Waals surface area contributed by atoms with E-state index in [1.807, 2.05) is 22.8 Å². The average molecular weight is 279 g/mol. The van der Waals surface area contributed by atoms with E-state index in [9.17, 15) is 4.79 Å². The van der Waals surface area contributed by atoms with Gasteiger partial charge in [0.1, 0.15) is 11.3 Å². The highest BCUT2D eigenvalue weighted by Gasteiger charge is 2.10. The molecule has 1 amide bonds. The third-order valence-corrected chi connectivity index (χ3v) is 3.36. The fourth-order valence-electron chi connectivity index (χ4n) is 1.98. The second kappa shape index (κ2) is 5.44. The lowest BCUT2D eigenvalue weighted by Crippen LogP contribution is -2.22. The van der Waals surface area contributed by atoms with Gasteiger partial charge < -0.3 is 19.2 Å². The number of hydrogen-bond donors (Lipinski definition) is 1. The molecular formula is C13H17N3O2S. The number of ether oxygens (including phenoxy) is 1. The first-order valence-electron chi connectivity index (χ1n) is 6.00. The molecule has 0 saturated carbocycles. The van der Waals surface area contributed by atoms with Gasteiger partial charge in [0.15, 0.2) is 4.77 Å². The van der Waals surface area contributed by atoms with E-state index in [1.54, 1.807) is 26.1 Å². The SMILES string of the molecule is COc1cccc2c1[nH]c(=S)n2CCC(=O)N(C)C. The molecule has 19 heavy (non-hydrogen) atoms. The van der Waals surface area contributed by atoms with Crippen molar-refractivity contribution in [3.63, 3.8) is 0 Å². The Morgan fingerprint density at radius 3 is 2.84 bits per heavy atom. The Hall–Kier alpha value is -1.82. The van der Waals surface area contributed by atoms with Crippen LogP contribution in [0.15, 0.2) is 18.2 Å². The van der Waals surface area contributed by atoms with Crippen LogP contribution in [0, 0.1) is 4.77 Å². The Bertz CT molecular complexity index is 657. The van der Waals surface area contributed by atoms with Crippen molar-refractivity contribution < 1.29 is 9.53 Å². The molecule has 102 valence electrons. The summed E-state index contributed by atoms with van der Waals surface area (Å²) in [6.45, 7) is 0.559. The number of rotatable bonds is 4. The second-order valence-electron chi connectivity index (χ2n) is 4.47. The standard InChI is InChI=1S/C13H17N3O2S/c1-15(2)11(17)7-8-16-9-5-4-6-10(18-3)12(9)14-13(16)19/h4-6H,7-8H2,1-3H3,(H,14,19). The van der Waals surface area contributed by atoms with Crippen molar-refractivity contribution >= 4 is 29.2 Å². The molecule has 0 fully saturated rings. The molecule has 6 heteroatoms. The van der Waals surface area contributed by atoms with Gasteiger partial charge in [0, 0.05) is 27.1 Å². The Balaban J connectivity index is 2.36. The molecule has 0 aliphatic carbocycles. The van der Waals surface area contributed by atoms with Gasteiger partial charge in [0.25, 0.3) is 0 Å². The van der Waals surface area contributed by atoms with Crippen LogP contribution in [0.4, 0.5) is 0 Å². The van der Waals surface area contributed by atoms with Crippen LogP contribution in [-0.4, -0.2) is 41.6 Å². The first-order valence-corrected chi connectivity index (χ1v) is 6.41. The first-order chi connectivity index (χ1) is 9.04. The van der Waals surface area contributed by atoms with E-state index in [2.05, 4.69) is 4.98 Å². The molecule has 0 unspecified atom stereocenters. The van der Waals surface area contributed by atoms with Crippen LogP contribution in [0.3, 0.4) is 0 Å². The zero-order valence-corrected chi connectivity index (χ0v) is 12.1. The molecule has 0 aliphatic rings. The number of para-hydroxylation sites is 1. The maximum Gasteiger partial charge on any atom is 0.223 e. The summed E-state index contributed by atoms with van der Waals surface area (Å²) in [6.07, 6.45) is 0.422. The smallest absolute Gasteiger partial charge is 0.223 e. The molecule has 1 heterocycles. The topological polar surface area (TPSA) is 50.3 Å². The number of amides is 1. The van der Waals surface area contributed by atoms with Crippen LogP contribution >= 0.6 is 12.2 Å². The van der Waals surface area contributed by atoms with E-state index < -0.39 is 0 Å². The number of carbonyl (C=O) groups excluding carboxylic acids is 1. The van der Waals surface area contributed by atoms with Gasteiger partial charge in [-0.15, -0.1) is 0 Å². The highest BCUT2D eigenvalue weighted by molar-refractivity contribution is 7.71. The average Bonchev–Trinajstić information content (AvgIpc) is 2.71. The van der Waals surface area contributed by atoms with Crippen LogP contribution < -0.4 is 4.74 Å². The van der Waals surface area contributed by atoms with Gasteiger partial charge in [-0.25, -0.2) is 0 Å². The Labute approximate surface area is 116 Å². The highest BCUT2D eigenvalue weighted by atomic mass is 32.1. The van der Waals surface area contributed by atoms with Crippen molar-refractivity contribution in [3.05, 3.63) is 23.0 Å². The molecule has 1 N–H and O–H groups in total. The number of aromatic nitrogens is 2. The van der Waals surface area contributed by atoms with E-state index in [0.717, 1.165) is 16.8 Å². The molecular weight excluding hydrogens is 262 g/mol.